The molecule has 4 atom stereocenters. The summed E-state index contributed by atoms with van der Waals surface area (Å²) in [5.74, 6) is -0.0241. The SMILES string of the molecule is N#Cc1c(N)ccc2scc(-c3c(Cl)cc4c(N5CC6CCC(C5)N6)nc(OC[C@@]56CCCN5C[C@H](F)C6)nc4c3F)c12. The average Bonchev–Trinajstić information content (AvgIpc) is 3.74. The van der Waals surface area contributed by atoms with E-state index >= 15 is 4.39 Å². The second kappa shape index (κ2) is 10.1. The number of halogens is 3. The Labute approximate surface area is 256 Å². The Morgan fingerprint density at radius 2 is 2.05 bits per heavy atom. The minimum absolute atomic E-state index is 0.0706. The van der Waals surface area contributed by atoms with Crippen molar-refractivity contribution in [2.24, 2.45) is 0 Å². The van der Waals surface area contributed by atoms with Crippen LogP contribution in [0.5, 0.6) is 6.01 Å². The second-order valence-corrected chi connectivity index (χ2v) is 13.7. The molecule has 4 fully saturated rings. The predicted molar refractivity (Wildman–Crippen MR) is 165 cm³/mol. The molecule has 6 heterocycles. The van der Waals surface area contributed by atoms with E-state index < -0.39 is 12.0 Å². The maximum absolute atomic E-state index is 16.8. The molecule has 0 radical (unpaired) electrons. The lowest BCUT2D eigenvalue weighted by atomic mass is 9.95. The van der Waals surface area contributed by atoms with Crippen molar-refractivity contribution < 1.29 is 13.5 Å². The van der Waals surface area contributed by atoms with Gasteiger partial charge < -0.3 is 20.7 Å². The average molecular weight is 622 g/mol. The molecule has 4 aliphatic rings. The maximum atomic E-state index is 16.8. The summed E-state index contributed by atoms with van der Waals surface area (Å²) in [7, 11) is 0. The fourth-order valence-electron chi connectivity index (χ4n) is 7.78. The van der Waals surface area contributed by atoms with E-state index in [-0.39, 0.29) is 39.8 Å². The Bertz CT molecular complexity index is 1820. The number of ether oxygens (including phenoxy) is 1. The number of anilines is 2. The normalized spacial score (nSPS) is 26.8. The number of nitrogen functional groups attached to an aromatic ring is 1. The molecule has 4 aromatic rings. The van der Waals surface area contributed by atoms with Gasteiger partial charge in [-0.15, -0.1) is 11.3 Å². The molecule has 2 aromatic heterocycles. The van der Waals surface area contributed by atoms with Gasteiger partial charge in [0.15, 0.2) is 5.82 Å². The monoisotopic (exact) mass is 621 g/mol. The van der Waals surface area contributed by atoms with E-state index in [0.717, 1.165) is 50.0 Å². The topological polar surface area (TPSA) is 103 Å². The van der Waals surface area contributed by atoms with Crippen molar-refractivity contribution in [1.29, 1.82) is 5.26 Å². The van der Waals surface area contributed by atoms with E-state index in [1.807, 2.05) is 6.07 Å². The lowest BCUT2D eigenvalue weighted by Gasteiger charge is -2.34. The molecule has 8 nitrogen and oxygen atoms in total. The molecule has 4 saturated heterocycles. The van der Waals surface area contributed by atoms with Crippen LogP contribution >= 0.6 is 22.9 Å². The van der Waals surface area contributed by atoms with Gasteiger partial charge in [0.25, 0.3) is 0 Å². The van der Waals surface area contributed by atoms with E-state index in [1.165, 1.54) is 11.3 Å². The number of piperazine rings is 1. The molecule has 0 spiro atoms. The molecule has 3 N–H and O–H groups in total. The van der Waals surface area contributed by atoms with Crippen molar-refractivity contribution in [3.8, 4) is 23.2 Å². The third-order valence-electron chi connectivity index (χ3n) is 9.74. The standard InChI is InChI=1S/C31H30ClF2N7OS/c32-22-8-19-28(27(34)26(22)21-14-43-24-5-4-23(36)20(10-35)25(21)24)38-30(39-29(19)40-12-17-2-3-18(13-40)37-17)42-15-31-6-1-7-41(31)11-16(33)9-31/h4-5,8,14,16-18,37H,1-3,6-7,9,11-13,15,36H2/t16-,17?,18?,31+/m1/s1. The summed E-state index contributed by atoms with van der Waals surface area (Å²) in [6, 6.07) is 8.13. The zero-order valence-corrected chi connectivity index (χ0v) is 24.9. The van der Waals surface area contributed by atoms with Crippen molar-refractivity contribution in [3.63, 3.8) is 0 Å². The third-order valence-corrected chi connectivity index (χ3v) is 11.0. The predicted octanol–water partition coefficient (Wildman–Crippen LogP) is 5.65. The number of nitriles is 1. The molecule has 0 amide bonds. The fraction of sp³-hybridized carbons (Fsp3) is 0.452. The molecule has 8 rings (SSSR count). The Kier molecular flexibility index (Phi) is 6.42. The molecule has 222 valence electrons. The Hall–Kier alpha value is -3.30. The number of fused-ring (bicyclic) bond motifs is 5. The highest BCUT2D eigenvalue weighted by molar-refractivity contribution is 7.17. The quantitative estimate of drug-likeness (QED) is 0.276. The first-order valence-electron chi connectivity index (χ1n) is 14.8. The van der Waals surface area contributed by atoms with Crippen molar-refractivity contribution in [1.82, 2.24) is 20.2 Å². The van der Waals surface area contributed by atoms with Gasteiger partial charge in [-0.1, -0.05) is 11.6 Å². The van der Waals surface area contributed by atoms with Gasteiger partial charge in [-0.25, -0.2) is 8.78 Å². The first kappa shape index (κ1) is 27.3. The van der Waals surface area contributed by atoms with E-state index in [9.17, 15) is 9.65 Å². The van der Waals surface area contributed by atoms with Crippen molar-refractivity contribution in [2.75, 3.05) is 43.4 Å². The third kappa shape index (κ3) is 4.33. The van der Waals surface area contributed by atoms with Crippen molar-refractivity contribution in [3.05, 3.63) is 40.0 Å². The summed E-state index contributed by atoms with van der Waals surface area (Å²) in [5, 5.41) is 16.6. The number of nitrogens with two attached hydrogens (primary N) is 1. The van der Waals surface area contributed by atoms with Gasteiger partial charge in [-0.2, -0.15) is 15.2 Å². The number of aromatic nitrogens is 2. The van der Waals surface area contributed by atoms with Crippen LogP contribution in [0.4, 0.5) is 20.3 Å². The van der Waals surface area contributed by atoms with Gasteiger partial charge in [0.1, 0.15) is 30.2 Å². The first-order valence-corrected chi connectivity index (χ1v) is 16.0. The Morgan fingerprint density at radius 3 is 2.84 bits per heavy atom. The summed E-state index contributed by atoms with van der Waals surface area (Å²) < 4.78 is 38.3. The van der Waals surface area contributed by atoms with Gasteiger partial charge in [-0.3, -0.25) is 4.90 Å². The molecule has 2 unspecified atom stereocenters. The minimum atomic E-state index is -0.886. The summed E-state index contributed by atoms with van der Waals surface area (Å²) in [4.78, 5) is 13.8. The summed E-state index contributed by atoms with van der Waals surface area (Å²) >= 11 is 8.27. The van der Waals surface area contributed by atoms with Crippen LogP contribution in [-0.4, -0.2) is 71.4 Å². The van der Waals surface area contributed by atoms with E-state index in [0.29, 0.717) is 52.9 Å². The number of nitrogens with zero attached hydrogens (tertiary/aromatic N) is 5. The van der Waals surface area contributed by atoms with Crippen LogP contribution in [-0.2, 0) is 0 Å². The molecule has 0 saturated carbocycles. The minimum Gasteiger partial charge on any atom is -0.461 e. The maximum Gasteiger partial charge on any atom is 0.319 e. The van der Waals surface area contributed by atoms with Crippen LogP contribution in [0.25, 0.3) is 32.1 Å². The van der Waals surface area contributed by atoms with Gasteiger partial charge >= 0.3 is 6.01 Å². The smallest absolute Gasteiger partial charge is 0.319 e. The number of benzene rings is 2. The molecular weight excluding hydrogens is 592 g/mol. The second-order valence-electron chi connectivity index (χ2n) is 12.3. The summed E-state index contributed by atoms with van der Waals surface area (Å²) in [6.07, 6.45) is 3.51. The summed E-state index contributed by atoms with van der Waals surface area (Å²) in [5.41, 5.74) is 7.11. The molecule has 2 aromatic carbocycles. The molecule has 12 heteroatoms. The number of hydrogen-bond donors (Lipinski definition) is 2. The molecule has 0 aliphatic carbocycles. The summed E-state index contributed by atoms with van der Waals surface area (Å²) in [6.45, 7) is 2.95. The van der Waals surface area contributed by atoms with Crippen molar-refractivity contribution in [2.45, 2.75) is 55.9 Å². The Balaban J connectivity index is 1.28. The van der Waals surface area contributed by atoms with Crippen molar-refractivity contribution >= 4 is 55.4 Å². The van der Waals surface area contributed by atoms with Crippen LogP contribution in [0.3, 0.4) is 0 Å². The van der Waals surface area contributed by atoms with Crippen LogP contribution in [0.1, 0.15) is 37.7 Å². The lowest BCUT2D eigenvalue weighted by molar-refractivity contribution is 0.107. The molecule has 43 heavy (non-hydrogen) atoms. The van der Waals surface area contributed by atoms with Gasteiger partial charge in [0, 0.05) is 70.1 Å². The first-order chi connectivity index (χ1) is 20.8. The van der Waals surface area contributed by atoms with E-state index in [1.54, 1.807) is 17.5 Å². The largest absolute Gasteiger partial charge is 0.461 e. The lowest BCUT2D eigenvalue weighted by Crippen LogP contribution is -2.51. The van der Waals surface area contributed by atoms with Crippen LogP contribution in [0.2, 0.25) is 5.02 Å². The Morgan fingerprint density at radius 1 is 1.23 bits per heavy atom. The van der Waals surface area contributed by atoms with Crippen LogP contribution in [0.15, 0.2) is 23.6 Å². The number of thiophene rings is 1. The van der Waals surface area contributed by atoms with E-state index in [4.69, 9.17) is 27.1 Å². The highest BCUT2D eigenvalue weighted by Gasteiger charge is 2.49. The number of rotatable bonds is 5. The van der Waals surface area contributed by atoms with Crippen LogP contribution < -0.4 is 20.7 Å². The highest BCUT2D eigenvalue weighted by atomic mass is 35.5. The van der Waals surface area contributed by atoms with E-state index in [2.05, 4.69) is 26.2 Å². The van der Waals surface area contributed by atoms with Gasteiger partial charge in [0.2, 0.25) is 0 Å². The zero-order chi connectivity index (χ0) is 29.5. The van der Waals surface area contributed by atoms with Gasteiger partial charge in [-0.05, 0) is 50.4 Å². The van der Waals surface area contributed by atoms with Crippen LogP contribution in [0, 0.1) is 17.1 Å². The highest BCUT2D eigenvalue weighted by Crippen LogP contribution is 2.45. The number of nitrogens with one attached hydrogen (secondary N) is 1. The fourth-order valence-corrected chi connectivity index (χ4v) is 9.03. The molecule has 2 bridgehead atoms. The zero-order valence-electron chi connectivity index (χ0n) is 23.4. The number of hydrogen-bond acceptors (Lipinski definition) is 9. The number of alkyl halides is 1. The molecular formula is C31H30ClF2N7OS. The molecule has 4 aliphatic heterocycles. The van der Waals surface area contributed by atoms with Gasteiger partial charge in [0.05, 0.1) is 21.8 Å².